The minimum atomic E-state index is -3.95. The zero-order valence-electron chi connectivity index (χ0n) is 18.4. The maximum absolute atomic E-state index is 12.8. The van der Waals surface area contributed by atoms with Crippen LogP contribution in [0.5, 0.6) is 0 Å². The normalized spacial score (nSPS) is 30.4. The SMILES string of the molecule is CC(N)CN(C)S(=O)(=O)N1C[C@H](CCCB2OCC(C)(C(=O)O)C(=O)O2)[C@](N)(C(=O)O)C1. The van der Waals surface area contributed by atoms with Crippen LogP contribution in [0.1, 0.15) is 26.7 Å². The summed E-state index contributed by atoms with van der Waals surface area (Å²) in [6.45, 7) is 2.11. The molecule has 2 unspecified atom stereocenters. The first-order chi connectivity index (χ1) is 14.6. The van der Waals surface area contributed by atoms with Gasteiger partial charge in [0.15, 0.2) is 5.41 Å². The van der Waals surface area contributed by atoms with Crippen molar-refractivity contribution in [3.8, 4) is 0 Å². The predicted molar refractivity (Wildman–Crippen MR) is 112 cm³/mol. The van der Waals surface area contributed by atoms with E-state index in [2.05, 4.69) is 0 Å². The number of carbonyl (C=O) groups is 3. The summed E-state index contributed by atoms with van der Waals surface area (Å²) >= 11 is 0. The van der Waals surface area contributed by atoms with Crippen LogP contribution >= 0.6 is 0 Å². The molecule has 2 aliphatic rings. The molecule has 32 heavy (non-hydrogen) atoms. The molecule has 0 aliphatic carbocycles. The van der Waals surface area contributed by atoms with Gasteiger partial charge < -0.3 is 31.0 Å². The lowest BCUT2D eigenvalue weighted by atomic mass is 9.75. The van der Waals surface area contributed by atoms with Crippen LogP contribution in [-0.2, 0) is 33.9 Å². The number of hydrogen-bond donors (Lipinski definition) is 4. The number of carboxylic acids is 2. The highest BCUT2D eigenvalue weighted by molar-refractivity contribution is 7.86. The minimum absolute atomic E-state index is 0.0633. The largest absolute Gasteiger partial charge is 0.527 e. The molecule has 2 fully saturated rings. The van der Waals surface area contributed by atoms with Crippen molar-refractivity contribution in [2.75, 3.05) is 33.3 Å². The molecule has 2 saturated heterocycles. The molecule has 2 rings (SSSR count). The van der Waals surface area contributed by atoms with Crippen LogP contribution in [0.4, 0.5) is 0 Å². The molecule has 0 saturated carbocycles. The molecule has 15 heteroatoms. The number of nitrogens with zero attached hydrogens (tertiary/aromatic N) is 2. The molecule has 2 heterocycles. The minimum Gasteiger partial charge on any atom is -0.509 e. The molecule has 0 aromatic heterocycles. The molecule has 13 nitrogen and oxygen atoms in total. The summed E-state index contributed by atoms with van der Waals surface area (Å²) in [5.41, 5.74) is 8.23. The third-order valence-corrected chi connectivity index (χ3v) is 7.83. The lowest BCUT2D eigenvalue weighted by molar-refractivity contribution is -0.169. The van der Waals surface area contributed by atoms with Crippen LogP contribution < -0.4 is 11.5 Å². The van der Waals surface area contributed by atoms with Crippen molar-refractivity contribution in [2.24, 2.45) is 22.8 Å². The molecule has 0 bridgehead atoms. The standard InChI is InChI=1S/C17H31BN4O9S/c1-11(19)7-21(3)32(28,29)22-8-12(17(20,9-22)14(25)26)5-4-6-18-30-10-16(2,13(23)24)15(27)31-18/h11-12H,4-10,19-20H2,1-3H3,(H,23,24)(H,25,26)/t11?,12-,16?,17-/m0/s1. The number of carbonyl (C=O) groups excluding carboxylic acids is 1. The second kappa shape index (κ2) is 9.61. The number of nitrogens with two attached hydrogens (primary N) is 2. The molecule has 182 valence electrons. The second-order valence-corrected chi connectivity index (χ2v) is 10.8. The van der Waals surface area contributed by atoms with Crippen LogP contribution in [0.2, 0.25) is 6.32 Å². The summed E-state index contributed by atoms with van der Waals surface area (Å²) in [5.74, 6) is -4.26. The highest BCUT2D eigenvalue weighted by atomic mass is 32.2. The zero-order valence-corrected chi connectivity index (χ0v) is 19.2. The maximum Gasteiger partial charge on any atom is 0.527 e. The van der Waals surface area contributed by atoms with E-state index in [9.17, 15) is 27.9 Å². The van der Waals surface area contributed by atoms with Gasteiger partial charge in [0.05, 0.1) is 6.61 Å². The Balaban J connectivity index is 2.01. The van der Waals surface area contributed by atoms with Crippen molar-refractivity contribution in [2.45, 2.75) is 44.6 Å². The lowest BCUT2D eigenvalue weighted by Gasteiger charge is -2.31. The first-order valence-electron chi connectivity index (χ1n) is 10.2. The number of likely N-dealkylation sites (N-methyl/N-ethyl adjacent to an activating group) is 1. The van der Waals surface area contributed by atoms with E-state index in [1.165, 1.54) is 14.0 Å². The quantitative estimate of drug-likeness (QED) is 0.203. The molecule has 4 atom stereocenters. The summed E-state index contributed by atoms with van der Waals surface area (Å²) in [6, 6.07) is -0.406. The van der Waals surface area contributed by atoms with Crippen molar-refractivity contribution in [1.29, 1.82) is 0 Å². The molecule has 0 aromatic rings. The Morgan fingerprint density at radius 1 is 1.38 bits per heavy atom. The summed E-state index contributed by atoms with van der Waals surface area (Å²) in [4.78, 5) is 35.1. The Kier molecular flexibility index (Phi) is 7.95. The average Bonchev–Trinajstić information content (AvgIpc) is 3.03. The second-order valence-electron chi connectivity index (χ2n) is 8.81. The highest BCUT2D eigenvalue weighted by Crippen LogP contribution is 2.33. The average molecular weight is 478 g/mol. The molecule has 2 aliphatic heterocycles. The maximum atomic E-state index is 12.8. The van der Waals surface area contributed by atoms with Crippen molar-refractivity contribution >= 4 is 35.2 Å². The molecule has 0 spiro atoms. The Bertz CT molecular complexity index is 857. The van der Waals surface area contributed by atoms with Crippen LogP contribution in [-0.4, -0.2) is 97.1 Å². The third kappa shape index (κ3) is 5.23. The fourth-order valence-corrected chi connectivity index (χ4v) is 5.34. The van der Waals surface area contributed by atoms with Crippen LogP contribution in [0.3, 0.4) is 0 Å². The van der Waals surface area contributed by atoms with Gasteiger partial charge in [-0.2, -0.15) is 17.0 Å². The molecule has 6 N–H and O–H groups in total. The Hall–Kier alpha value is -1.78. The van der Waals surface area contributed by atoms with Gasteiger partial charge in [0, 0.05) is 38.6 Å². The third-order valence-electron chi connectivity index (χ3n) is 5.97. The van der Waals surface area contributed by atoms with Gasteiger partial charge >= 0.3 is 25.0 Å². The number of rotatable bonds is 10. The fraction of sp³-hybridized carbons (Fsp3) is 0.824. The van der Waals surface area contributed by atoms with E-state index in [0.717, 1.165) is 8.61 Å². The van der Waals surface area contributed by atoms with E-state index in [-0.39, 0.29) is 39.0 Å². The van der Waals surface area contributed by atoms with Gasteiger partial charge in [-0.05, 0) is 26.6 Å². The van der Waals surface area contributed by atoms with Gasteiger partial charge in [0.25, 0.3) is 10.2 Å². The first-order valence-corrected chi connectivity index (χ1v) is 11.6. The van der Waals surface area contributed by atoms with Crippen LogP contribution in [0.15, 0.2) is 0 Å². The summed E-state index contributed by atoms with van der Waals surface area (Å²) < 4.78 is 38.1. The molecular weight excluding hydrogens is 447 g/mol. The lowest BCUT2D eigenvalue weighted by Crippen LogP contribution is -2.55. The smallest absolute Gasteiger partial charge is 0.509 e. The Labute approximate surface area is 187 Å². The van der Waals surface area contributed by atoms with E-state index in [0.29, 0.717) is 6.42 Å². The van der Waals surface area contributed by atoms with Crippen molar-refractivity contribution in [3.63, 3.8) is 0 Å². The molecule has 0 radical (unpaired) electrons. The van der Waals surface area contributed by atoms with Gasteiger partial charge in [-0.15, -0.1) is 0 Å². The summed E-state index contributed by atoms with van der Waals surface area (Å²) in [7, 11) is -3.55. The summed E-state index contributed by atoms with van der Waals surface area (Å²) in [5, 5.41) is 18.8. The van der Waals surface area contributed by atoms with Gasteiger partial charge in [-0.1, -0.05) is 6.42 Å². The van der Waals surface area contributed by atoms with Gasteiger partial charge in [0.2, 0.25) is 0 Å². The predicted octanol–water partition coefficient (Wildman–Crippen LogP) is -1.84. The van der Waals surface area contributed by atoms with Crippen molar-refractivity contribution < 1.29 is 42.3 Å². The zero-order chi connectivity index (χ0) is 24.5. The van der Waals surface area contributed by atoms with Crippen LogP contribution in [0.25, 0.3) is 0 Å². The van der Waals surface area contributed by atoms with Crippen LogP contribution in [0, 0.1) is 11.3 Å². The van der Waals surface area contributed by atoms with Gasteiger partial charge in [-0.3, -0.25) is 14.4 Å². The van der Waals surface area contributed by atoms with Gasteiger partial charge in [-0.25, -0.2) is 0 Å². The van der Waals surface area contributed by atoms with E-state index in [1.54, 1.807) is 6.92 Å². The molecule has 0 amide bonds. The van der Waals surface area contributed by atoms with Crippen molar-refractivity contribution in [3.05, 3.63) is 0 Å². The monoisotopic (exact) mass is 478 g/mol. The van der Waals surface area contributed by atoms with E-state index in [4.69, 9.17) is 25.9 Å². The van der Waals surface area contributed by atoms with E-state index < -0.39 is 58.1 Å². The van der Waals surface area contributed by atoms with E-state index >= 15 is 0 Å². The fourth-order valence-electron chi connectivity index (χ4n) is 3.78. The molecular formula is C17H31BN4O9S. The molecule has 0 aromatic carbocycles. The Morgan fingerprint density at radius 2 is 2.00 bits per heavy atom. The number of carboxylic acid groups (broad SMARTS) is 2. The van der Waals surface area contributed by atoms with E-state index in [1.807, 2.05) is 0 Å². The Morgan fingerprint density at radius 3 is 2.50 bits per heavy atom. The van der Waals surface area contributed by atoms with Crippen molar-refractivity contribution in [1.82, 2.24) is 8.61 Å². The number of hydrogen-bond acceptors (Lipinski definition) is 9. The number of aliphatic carboxylic acids is 2. The summed E-state index contributed by atoms with van der Waals surface area (Å²) in [6.07, 6.45) is 0.743. The first kappa shape index (κ1) is 26.5. The highest BCUT2D eigenvalue weighted by Gasteiger charge is 2.53. The van der Waals surface area contributed by atoms with Gasteiger partial charge in [0.1, 0.15) is 5.54 Å². The topological polar surface area (TPSA) is 203 Å².